The summed E-state index contributed by atoms with van der Waals surface area (Å²) in [4.78, 5) is 4.49. The molecular weight excluding hydrogens is 282 g/mol. The standard InChI is InChI=1S/C12H15N3O2S2/c1-8-7-18-12(15-8)6-14-10-4-3-5-11(9(10)2)19(13,16)17/h3-5,7,14H,6H2,1-2H3,(H2,13,16,17). The molecule has 19 heavy (non-hydrogen) atoms. The third-order valence-corrected chi connectivity index (χ3v) is 4.71. The Morgan fingerprint density at radius 3 is 2.68 bits per heavy atom. The number of sulfonamides is 1. The molecule has 0 unspecified atom stereocenters. The zero-order chi connectivity index (χ0) is 14.0. The molecule has 0 aliphatic rings. The molecule has 7 heteroatoms. The van der Waals surface area contributed by atoms with Gasteiger partial charge in [0, 0.05) is 16.8 Å². The van der Waals surface area contributed by atoms with E-state index in [4.69, 9.17) is 5.14 Å². The van der Waals surface area contributed by atoms with Gasteiger partial charge in [-0.15, -0.1) is 11.3 Å². The summed E-state index contributed by atoms with van der Waals surface area (Å²) in [5.74, 6) is 0. The number of hydrogen-bond donors (Lipinski definition) is 2. The molecule has 102 valence electrons. The van der Waals surface area contributed by atoms with Gasteiger partial charge in [-0.3, -0.25) is 0 Å². The summed E-state index contributed by atoms with van der Waals surface area (Å²) in [5.41, 5.74) is 2.36. The van der Waals surface area contributed by atoms with E-state index in [2.05, 4.69) is 10.3 Å². The third kappa shape index (κ3) is 3.31. The molecular formula is C12H15N3O2S2. The average molecular weight is 297 g/mol. The SMILES string of the molecule is Cc1csc(CNc2cccc(S(N)(=O)=O)c2C)n1. The molecule has 3 N–H and O–H groups in total. The number of anilines is 1. The van der Waals surface area contributed by atoms with E-state index in [1.807, 2.05) is 18.4 Å². The van der Waals surface area contributed by atoms with Crippen molar-refractivity contribution < 1.29 is 8.42 Å². The maximum atomic E-state index is 11.4. The van der Waals surface area contributed by atoms with Gasteiger partial charge >= 0.3 is 0 Å². The van der Waals surface area contributed by atoms with Crippen LogP contribution < -0.4 is 10.5 Å². The number of primary sulfonamides is 1. The molecule has 0 aliphatic heterocycles. The number of aryl methyl sites for hydroxylation is 1. The highest BCUT2D eigenvalue weighted by Crippen LogP contribution is 2.22. The molecule has 0 spiro atoms. The van der Waals surface area contributed by atoms with Crippen molar-refractivity contribution in [1.29, 1.82) is 0 Å². The minimum Gasteiger partial charge on any atom is -0.378 e. The highest BCUT2D eigenvalue weighted by molar-refractivity contribution is 7.89. The molecule has 2 rings (SSSR count). The summed E-state index contributed by atoms with van der Waals surface area (Å²) in [6.07, 6.45) is 0. The van der Waals surface area contributed by atoms with Crippen molar-refractivity contribution in [3.8, 4) is 0 Å². The molecule has 5 nitrogen and oxygen atoms in total. The molecule has 0 saturated heterocycles. The molecule has 0 amide bonds. The Bertz CT molecular complexity index is 693. The summed E-state index contributed by atoms with van der Waals surface area (Å²) < 4.78 is 22.8. The largest absolute Gasteiger partial charge is 0.378 e. The number of nitrogens with two attached hydrogens (primary N) is 1. The minimum absolute atomic E-state index is 0.146. The van der Waals surface area contributed by atoms with Gasteiger partial charge in [0.05, 0.1) is 11.4 Å². The molecule has 0 bridgehead atoms. The fourth-order valence-electron chi connectivity index (χ4n) is 1.77. The molecule has 0 saturated carbocycles. The van der Waals surface area contributed by atoms with Crippen molar-refractivity contribution in [1.82, 2.24) is 4.98 Å². The number of rotatable bonds is 4. The molecule has 1 aromatic heterocycles. The number of nitrogens with zero attached hydrogens (tertiary/aromatic N) is 1. The lowest BCUT2D eigenvalue weighted by atomic mass is 10.2. The minimum atomic E-state index is -3.69. The lowest BCUT2D eigenvalue weighted by Gasteiger charge is -2.11. The Hall–Kier alpha value is -1.44. The van der Waals surface area contributed by atoms with E-state index in [0.29, 0.717) is 12.1 Å². The fraction of sp³-hybridized carbons (Fsp3) is 0.250. The lowest BCUT2D eigenvalue weighted by Crippen LogP contribution is -2.14. The van der Waals surface area contributed by atoms with Crippen LogP contribution in [0.15, 0.2) is 28.5 Å². The first-order valence-electron chi connectivity index (χ1n) is 5.65. The van der Waals surface area contributed by atoms with Crippen molar-refractivity contribution in [2.75, 3.05) is 5.32 Å². The van der Waals surface area contributed by atoms with Gasteiger partial charge in [0.2, 0.25) is 10.0 Å². The van der Waals surface area contributed by atoms with Gasteiger partial charge in [0.1, 0.15) is 5.01 Å². The van der Waals surface area contributed by atoms with Crippen molar-refractivity contribution >= 4 is 27.0 Å². The molecule has 0 atom stereocenters. The van der Waals surface area contributed by atoms with Crippen LogP contribution in [0.3, 0.4) is 0 Å². The third-order valence-electron chi connectivity index (χ3n) is 2.69. The van der Waals surface area contributed by atoms with Gasteiger partial charge in [0.15, 0.2) is 0 Å². The number of aromatic nitrogens is 1. The van der Waals surface area contributed by atoms with Crippen LogP contribution in [-0.4, -0.2) is 13.4 Å². The van der Waals surface area contributed by atoms with Gasteiger partial charge in [0.25, 0.3) is 0 Å². The van der Waals surface area contributed by atoms with Crippen LogP contribution >= 0.6 is 11.3 Å². The fourth-order valence-corrected chi connectivity index (χ4v) is 3.29. The Kier molecular flexibility index (Phi) is 3.88. The predicted molar refractivity (Wildman–Crippen MR) is 76.7 cm³/mol. The Morgan fingerprint density at radius 2 is 2.11 bits per heavy atom. The number of thiazole rings is 1. The van der Waals surface area contributed by atoms with Gasteiger partial charge < -0.3 is 5.32 Å². The normalized spacial score (nSPS) is 11.5. The molecule has 0 aliphatic carbocycles. The summed E-state index contributed by atoms with van der Waals surface area (Å²) in [6.45, 7) is 4.23. The van der Waals surface area contributed by atoms with Gasteiger partial charge in [-0.05, 0) is 31.5 Å². The number of benzene rings is 1. The smallest absolute Gasteiger partial charge is 0.238 e. The Morgan fingerprint density at radius 1 is 1.37 bits per heavy atom. The second kappa shape index (κ2) is 5.28. The average Bonchev–Trinajstić information content (AvgIpc) is 2.72. The second-order valence-corrected chi connectivity index (χ2v) is 6.68. The van der Waals surface area contributed by atoms with Crippen LogP contribution in [0.25, 0.3) is 0 Å². The topological polar surface area (TPSA) is 85.1 Å². The maximum Gasteiger partial charge on any atom is 0.238 e. The van der Waals surface area contributed by atoms with E-state index < -0.39 is 10.0 Å². The first-order chi connectivity index (χ1) is 8.88. The van der Waals surface area contributed by atoms with Gasteiger partial charge in [-0.2, -0.15) is 0 Å². The lowest BCUT2D eigenvalue weighted by molar-refractivity contribution is 0.597. The quantitative estimate of drug-likeness (QED) is 0.904. The molecule has 2 aromatic rings. The van der Waals surface area contributed by atoms with Crippen LogP contribution in [0.2, 0.25) is 0 Å². The predicted octanol–water partition coefficient (Wildman–Crippen LogP) is 2.02. The van der Waals surface area contributed by atoms with E-state index in [1.54, 1.807) is 24.3 Å². The van der Waals surface area contributed by atoms with Crippen molar-refractivity contribution in [2.24, 2.45) is 5.14 Å². The molecule has 0 fully saturated rings. The Labute approximate surface area is 116 Å². The first kappa shape index (κ1) is 14.0. The van der Waals surface area contributed by atoms with E-state index >= 15 is 0 Å². The van der Waals surface area contributed by atoms with E-state index in [-0.39, 0.29) is 4.90 Å². The van der Waals surface area contributed by atoms with E-state index in [0.717, 1.165) is 16.4 Å². The van der Waals surface area contributed by atoms with E-state index in [1.165, 1.54) is 6.07 Å². The Balaban J connectivity index is 2.22. The van der Waals surface area contributed by atoms with Crippen LogP contribution in [0.5, 0.6) is 0 Å². The van der Waals surface area contributed by atoms with Crippen LogP contribution in [-0.2, 0) is 16.6 Å². The summed E-state index contributed by atoms with van der Waals surface area (Å²) in [5, 5.41) is 11.3. The first-order valence-corrected chi connectivity index (χ1v) is 8.08. The highest BCUT2D eigenvalue weighted by Gasteiger charge is 2.13. The molecule has 1 heterocycles. The number of hydrogen-bond acceptors (Lipinski definition) is 5. The molecule has 1 aromatic carbocycles. The van der Waals surface area contributed by atoms with Crippen LogP contribution in [0.1, 0.15) is 16.3 Å². The zero-order valence-electron chi connectivity index (χ0n) is 10.7. The van der Waals surface area contributed by atoms with Crippen molar-refractivity contribution in [3.05, 3.63) is 39.8 Å². The highest BCUT2D eigenvalue weighted by atomic mass is 32.2. The van der Waals surface area contributed by atoms with E-state index in [9.17, 15) is 8.42 Å². The van der Waals surface area contributed by atoms with Crippen molar-refractivity contribution in [3.63, 3.8) is 0 Å². The maximum absolute atomic E-state index is 11.4. The second-order valence-electron chi connectivity index (χ2n) is 4.21. The monoisotopic (exact) mass is 297 g/mol. The van der Waals surface area contributed by atoms with Crippen LogP contribution in [0.4, 0.5) is 5.69 Å². The van der Waals surface area contributed by atoms with Crippen molar-refractivity contribution in [2.45, 2.75) is 25.3 Å². The van der Waals surface area contributed by atoms with Gasteiger partial charge in [-0.1, -0.05) is 6.07 Å². The summed E-state index contributed by atoms with van der Waals surface area (Å²) in [7, 11) is -3.69. The zero-order valence-corrected chi connectivity index (χ0v) is 12.3. The van der Waals surface area contributed by atoms with Crippen LogP contribution in [0, 0.1) is 13.8 Å². The van der Waals surface area contributed by atoms with Gasteiger partial charge in [-0.25, -0.2) is 18.5 Å². The number of nitrogens with one attached hydrogen (secondary N) is 1. The molecule has 0 radical (unpaired) electrons. The summed E-state index contributed by atoms with van der Waals surface area (Å²) >= 11 is 1.57. The summed E-state index contributed by atoms with van der Waals surface area (Å²) in [6, 6.07) is 5.00.